The minimum absolute atomic E-state index is 0.561. The second-order valence-corrected chi connectivity index (χ2v) is 4.09. The Hall–Kier alpha value is -0.170. The summed E-state index contributed by atoms with van der Waals surface area (Å²) in [6.07, 6.45) is 13.8. The van der Waals surface area contributed by atoms with Gasteiger partial charge in [-0.25, -0.2) is 0 Å². The molecule has 0 bridgehead atoms. The molecule has 0 amide bonds. The molecular formula is C11H18S. The maximum atomic E-state index is 4.62. The highest BCUT2D eigenvalue weighted by Gasteiger charge is 2.14. The molecule has 0 saturated carbocycles. The Morgan fingerprint density at radius 2 is 2.33 bits per heavy atom. The molecule has 0 heterocycles. The molecule has 1 heteroatoms. The zero-order chi connectivity index (χ0) is 8.81. The van der Waals surface area contributed by atoms with Gasteiger partial charge in [-0.2, -0.15) is 12.6 Å². The Kier molecular flexibility index (Phi) is 4.52. The van der Waals surface area contributed by atoms with Crippen molar-refractivity contribution < 1.29 is 0 Å². The molecular weight excluding hydrogens is 164 g/mol. The molecule has 0 saturated heterocycles. The van der Waals surface area contributed by atoms with Crippen LogP contribution in [0.2, 0.25) is 0 Å². The summed E-state index contributed by atoms with van der Waals surface area (Å²) in [5.41, 5.74) is 0. The molecule has 1 rings (SSSR count). The number of hydrogen-bond acceptors (Lipinski definition) is 1. The summed E-state index contributed by atoms with van der Waals surface area (Å²) >= 11 is 4.62. The molecule has 12 heavy (non-hydrogen) atoms. The van der Waals surface area contributed by atoms with Gasteiger partial charge >= 0.3 is 0 Å². The fourth-order valence-electron chi connectivity index (χ4n) is 1.51. The van der Waals surface area contributed by atoms with Crippen LogP contribution in [0.1, 0.15) is 32.6 Å². The van der Waals surface area contributed by atoms with Crippen LogP contribution < -0.4 is 0 Å². The number of unbranched alkanes of at least 4 members (excludes halogenated alkanes) is 1. The van der Waals surface area contributed by atoms with Crippen molar-refractivity contribution in [3.63, 3.8) is 0 Å². The van der Waals surface area contributed by atoms with E-state index in [2.05, 4.69) is 43.9 Å². The lowest BCUT2D eigenvalue weighted by molar-refractivity contribution is 0.561. The van der Waals surface area contributed by atoms with E-state index in [0.29, 0.717) is 11.2 Å². The first kappa shape index (κ1) is 9.91. The van der Waals surface area contributed by atoms with E-state index in [1.54, 1.807) is 0 Å². The summed E-state index contributed by atoms with van der Waals surface area (Å²) < 4.78 is 0. The fourth-order valence-corrected chi connectivity index (χ4v) is 1.92. The monoisotopic (exact) mass is 182 g/mol. The minimum Gasteiger partial charge on any atom is -0.175 e. The predicted octanol–water partition coefficient (Wildman–Crippen LogP) is 3.61. The van der Waals surface area contributed by atoms with E-state index < -0.39 is 0 Å². The van der Waals surface area contributed by atoms with Gasteiger partial charge in [0.15, 0.2) is 0 Å². The molecule has 0 nitrogen and oxygen atoms in total. The van der Waals surface area contributed by atoms with Gasteiger partial charge in [0, 0.05) is 5.25 Å². The second kappa shape index (κ2) is 5.47. The quantitative estimate of drug-likeness (QED) is 0.631. The SMILES string of the molecule is CCCCC(S)C1C=CC=CC1. The topological polar surface area (TPSA) is 0 Å². The molecule has 68 valence electrons. The molecule has 0 N–H and O–H groups in total. The van der Waals surface area contributed by atoms with Gasteiger partial charge < -0.3 is 0 Å². The van der Waals surface area contributed by atoms with Gasteiger partial charge in [-0.3, -0.25) is 0 Å². The summed E-state index contributed by atoms with van der Waals surface area (Å²) in [7, 11) is 0. The van der Waals surface area contributed by atoms with Gasteiger partial charge in [0.1, 0.15) is 0 Å². The van der Waals surface area contributed by atoms with Crippen molar-refractivity contribution in [3.8, 4) is 0 Å². The van der Waals surface area contributed by atoms with E-state index in [1.807, 2.05) is 0 Å². The highest BCUT2D eigenvalue weighted by atomic mass is 32.1. The van der Waals surface area contributed by atoms with Crippen LogP contribution in [0.5, 0.6) is 0 Å². The number of hydrogen-bond donors (Lipinski definition) is 1. The molecule has 0 aromatic carbocycles. The van der Waals surface area contributed by atoms with Gasteiger partial charge in [0.2, 0.25) is 0 Å². The van der Waals surface area contributed by atoms with Crippen molar-refractivity contribution in [1.29, 1.82) is 0 Å². The molecule has 0 aromatic rings. The summed E-state index contributed by atoms with van der Waals surface area (Å²) in [6.45, 7) is 2.23. The highest BCUT2D eigenvalue weighted by Crippen LogP contribution is 2.23. The van der Waals surface area contributed by atoms with Gasteiger partial charge in [-0.05, 0) is 18.8 Å². The van der Waals surface area contributed by atoms with E-state index in [-0.39, 0.29) is 0 Å². The predicted molar refractivity (Wildman–Crippen MR) is 58.7 cm³/mol. The van der Waals surface area contributed by atoms with Crippen LogP contribution in [0.25, 0.3) is 0 Å². The third-order valence-electron chi connectivity index (χ3n) is 2.36. The lowest BCUT2D eigenvalue weighted by Gasteiger charge is -2.19. The Labute approximate surface area is 81.2 Å². The van der Waals surface area contributed by atoms with Crippen molar-refractivity contribution in [3.05, 3.63) is 24.3 Å². The average molecular weight is 182 g/mol. The van der Waals surface area contributed by atoms with Crippen LogP contribution in [0, 0.1) is 5.92 Å². The Morgan fingerprint density at radius 1 is 1.50 bits per heavy atom. The van der Waals surface area contributed by atoms with Gasteiger partial charge in [-0.1, -0.05) is 44.1 Å². The lowest BCUT2D eigenvalue weighted by Crippen LogP contribution is -2.13. The maximum absolute atomic E-state index is 4.62. The first-order valence-corrected chi connectivity index (χ1v) is 5.37. The van der Waals surface area contributed by atoms with Crippen LogP contribution in [0.4, 0.5) is 0 Å². The fraction of sp³-hybridized carbons (Fsp3) is 0.636. The summed E-state index contributed by atoms with van der Waals surface area (Å²) in [6, 6.07) is 0. The van der Waals surface area contributed by atoms with Gasteiger partial charge in [0.25, 0.3) is 0 Å². The van der Waals surface area contributed by atoms with Crippen LogP contribution in [-0.2, 0) is 0 Å². The van der Waals surface area contributed by atoms with E-state index in [9.17, 15) is 0 Å². The molecule has 0 spiro atoms. The summed E-state index contributed by atoms with van der Waals surface area (Å²) in [5, 5.41) is 0.561. The molecule has 0 radical (unpaired) electrons. The Bertz CT molecular complexity index is 170. The van der Waals surface area contributed by atoms with Crippen LogP contribution >= 0.6 is 12.6 Å². The number of thiol groups is 1. The molecule has 0 aliphatic heterocycles. The molecule has 1 aliphatic carbocycles. The largest absolute Gasteiger partial charge is 0.175 e. The van der Waals surface area contributed by atoms with E-state index >= 15 is 0 Å². The first-order chi connectivity index (χ1) is 5.84. The highest BCUT2D eigenvalue weighted by molar-refractivity contribution is 7.81. The lowest BCUT2D eigenvalue weighted by atomic mass is 9.94. The van der Waals surface area contributed by atoms with Crippen LogP contribution in [0.3, 0.4) is 0 Å². The summed E-state index contributed by atoms with van der Waals surface area (Å²) in [5.74, 6) is 0.671. The first-order valence-electron chi connectivity index (χ1n) is 4.86. The number of allylic oxidation sites excluding steroid dienone is 4. The zero-order valence-corrected chi connectivity index (χ0v) is 8.63. The van der Waals surface area contributed by atoms with Crippen LogP contribution in [-0.4, -0.2) is 5.25 Å². The van der Waals surface area contributed by atoms with Gasteiger partial charge in [0.05, 0.1) is 0 Å². The third kappa shape index (κ3) is 3.06. The molecule has 1 aliphatic rings. The van der Waals surface area contributed by atoms with Crippen molar-refractivity contribution in [2.75, 3.05) is 0 Å². The van der Waals surface area contributed by atoms with Crippen LogP contribution in [0.15, 0.2) is 24.3 Å². The smallest absolute Gasteiger partial charge is 0.00827 e. The Morgan fingerprint density at radius 3 is 2.92 bits per heavy atom. The van der Waals surface area contributed by atoms with E-state index in [4.69, 9.17) is 0 Å². The molecule has 0 aromatic heterocycles. The molecule has 2 atom stereocenters. The normalized spacial score (nSPS) is 24.3. The molecule has 0 fully saturated rings. The van der Waals surface area contributed by atoms with E-state index in [1.165, 1.54) is 25.7 Å². The zero-order valence-electron chi connectivity index (χ0n) is 7.74. The number of rotatable bonds is 4. The van der Waals surface area contributed by atoms with Gasteiger partial charge in [-0.15, -0.1) is 0 Å². The van der Waals surface area contributed by atoms with E-state index in [0.717, 1.165) is 0 Å². The summed E-state index contributed by atoms with van der Waals surface area (Å²) in [4.78, 5) is 0. The molecule has 2 unspecified atom stereocenters. The van der Waals surface area contributed by atoms with Crippen molar-refractivity contribution in [1.82, 2.24) is 0 Å². The van der Waals surface area contributed by atoms with Crippen molar-refractivity contribution >= 4 is 12.6 Å². The van der Waals surface area contributed by atoms with Crippen molar-refractivity contribution in [2.45, 2.75) is 37.9 Å². The third-order valence-corrected chi connectivity index (χ3v) is 3.00. The van der Waals surface area contributed by atoms with Crippen molar-refractivity contribution in [2.24, 2.45) is 5.92 Å². The Balaban J connectivity index is 2.27. The minimum atomic E-state index is 0.561. The average Bonchev–Trinajstić information content (AvgIpc) is 2.15. The standard InChI is InChI=1S/C11H18S/c1-2-3-9-11(12)10-7-5-4-6-8-10/h4-7,10-12H,2-3,8-9H2,1H3. The second-order valence-electron chi connectivity index (χ2n) is 3.42. The maximum Gasteiger partial charge on any atom is 0.00827 e.